The van der Waals surface area contributed by atoms with Crippen LogP contribution in [-0.2, 0) is 4.79 Å². The summed E-state index contributed by atoms with van der Waals surface area (Å²) in [6, 6.07) is 21.9. The van der Waals surface area contributed by atoms with E-state index >= 15 is 0 Å². The van der Waals surface area contributed by atoms with E-state index in [1.165, 1.54) is 0 Å². The minimum Gasteiger partial charge on any atom is -0.496 e. The Morgan fingerprint density at radius 1 is 0.867 bits per heavy atom. The average molecular weight is 400 g/mol. The summed E-state index contributed by atoms with van der Waals surface area (Å²) in [5.41, 5.74) is 3.96. The van der Waals surface area contributed by atoms with Crippen molar-refractivity contribution in [3.63, 3.8) is 0 Å². The smallest absolute Gasteiger partial charge is 0.272 e. The third-order valence-electron chi connectivity index (χ3n) is 4.52. The molecule has 3 rings (SSSR count). The fourth-order valence-electron chi connectivity index (χ4n) is 2.92. The van der Waals surface area contributed by atoms with Crippen LogP contribution in [0, 0.1) is 13.8 Å². The van der Waals surface area contributed by atoms with Gasteiger partial charge in [0.25, 0.3) is 11.8 Å². The molecule has 0 fully saturated rings. The van der Waals surface area contributed by atoms with E-state index < -0.39 is 5.91 Å². The molecular weight excluding hydrogens is 376 g/mol. The molecule has 30 heavy (non-hydrogen) atoms. The largest absolute Gasteiger partial charge is 0.496 e. The summed E-state index contributed by atoms with van der Waals surface area (Å²) in [4.78, 5) is 25.8. The van der Waals surface area contributed by atoms with Crippen molar-refractivity contribution in [1.82, 2.24) is 5.32 Å². The molecule has 3 aromatic carbocycles. The van der Waals surface area contributed by atoms with Gasteiger partial charge in [-0.1, -0.05) is 53.6 Å². The van der Waals surface area contributed by atoms with Crippen molar-refractivity contribution < 1.29 is 14.3 Å². The van der Waals surface area contributed by atoms with Crippen molar-refractivity contribution in [1.29, 1.82) is 0 Å². The van der Waals surface area contributed by atoms with Crippen molar-refractivity contribution in [3.8, 4) is 5.75 Å². The van der Waals surface area contributed by atoms with Crippen LogP contribution in [0.4, 0.5) is 5.69 Å². The number of anilines is 1. The highest BCUT2D eigenvalue weighted by Crippen LogP contribution is 2.21. The molecule has 0 heterocycles. The van der Waals surface area contributed by atoms with Gasteiger partial charge in [-0.15, -0.1) is 0 Å². The second-order valence-corrected chi connectivity index (χ2v) is 6.94. The summed E-state index contributed by atoms with van der Waals surface area (Å²) >= 11 is 0. The Morgan fingerprint density at radius 2 is 1.60 bits per heavy atom. The molecule has 2 N–H and O–H groups in total. The van der Waals surface area contributed by atoms with Crippen LogP contribution in [0.15, 0.2) is 78.5 Å². The first-order chi connectivity index (χ1) is 14.5. The summed E-state index contributed by atoms with van der Waals surface area (Å²) in [7, 11) is 1.56. The van der Waals surface area contributed by atoms with Crippen molar-refractivity contribution in [2.75, 3.05) is 12.4 Å². The van der Waals surface area contributed by atoms with E-state index in [4.69, 9.17) is 4.74 Å². The lowest BCUT2D eigenvalue weighted by Crippen LogP contribution is -2.30. The van der Waals surface area contributed by atoms with E-state index in [0.29, 0.717) is 22.6 Å². The molecule has 0 aliphatic carbocycles. The van der Waals surface area contributed by atoms with E-state index in [0.717, 1.165) is 11.1 Å². The van der Waals surface area contributed by atoms with Gasteiger partial charge >= 0.3 is 0 Å². The van der Waals surface area contributed by atoms with Gasteiger partial charge in [-0.3, -0.25) is 9.59 Å². The number of carbonyl (C=O) groups excluding carboxylic acids is 2. The molecule has 3 aromatic rings. The maximum absolute atomic E-state index is 13.0. The molecule has 0 aliphatic rings. The molecule has 5 nitrogen and oxygen atoms in total. The Hall–Kier alpha value is -3.86. The zero-order valence-corrected chi connectivity index (χ0v) is 17.2. The number of carbonyl (C=O) groups is 2. The lowest BCUT2D eigenvalue weighted by molar-refractivity contribution is -0.113. The second kappa shape index (κ2) is 9.56. The number of rotatable bonds is 6. The zero-order chi connectivity index (χ0) is 21.5. The van der Waals surface area contributed by atoms with Gasteiger partial charge in [0.15, 0.2) is 0 Å². The van der Waals surface area contributed by atoms with Crippen molar-refractivity contribution >= 4 is 23.6 Å². The van der Waals surface area contributed by atoms with Gasteiger partial charge < -0.3 is 15.4 Å². The highest BCUT2D eigenvalue weighted by atomic mass is 16.5. The van der Waals surface area contributed by atoms with Crippen LogP contribution in [-0.4, -0.2) is 18.9 Å². The highest BCUT2D eigenvalue weighted by Gasteiger charge is 2.16. The molecule has 0 aliphatic heterocycles. The monoisotopic (exact) mass is 400 g/mol. The molecule has 0 atom stereocenters. The molecule has 5 heteroatoms. The average Bonchev–Trinajstić information content (AvgIpc) is 2.75. The van der Waals surface area contributed by atoms with Crippen molar-refractivity contribution in [2.45, 2.75) is 13.8 Å². The minimum atomic E-state index is -0.425. The van der Waals surface area contributed by atoms with Gasteiger partial charge in [0, 0.05) is 16.8 Å². The fraction of sp³-hybridized carbons (Fsp3) is 0.120. The molecule has 2 amide bonds. The predicted molar refractivity (Wildman–Crippen MR) is 119 cm³/mol. The number of hydrogen-bond acceptors (Lipinski definition) is 3. The summed E-state index contributed by atoms with van der Waals surface area (Å²) in [6.45, 7) is 3.88. The number of hydrogen-bond donors (Lipinski definition) is 2. The molecular formula is C25H24N2O3. The highest BCUT2D eigenvalue weighted by molar-refractivity contribution is 6.10. The van der Waals surface area contributed by atoms with Gasteiger partial charge in [-0.05, 0) is 50.3 Å². The summed E-state index contributed by atoms with van der Waals surface area (Å²) in [5, 5.41) is 5.58. The van der Waals surface area contributed by atoms with Gasteiger partial charge in [-0.2, -0.15) is 0 Å². The van der Waals surface area contributed by atoms with Gasteiger partial charge in [0.1, 0.15) is 11.4 Å². The quantitative estimate of drug-likeness (QED) is 0.588. The number of methoxy groups -OCH3 is 1. The minimum absolute atomic E-state index is 0.117. The number of benzene rings is 3. The van der Waals surface area contributed by atoms with E-state index in [1.807, 2.05) is 62.4 Å². The van der Waals surface area contributed by atoms with Crippen LogP contribution in [0.1, 0.15) is 27.0 Å². The summed E-state index contributed by atoms with van der Waals surface area (Å²) < 4.78 is 5.37. The molecule has 152 valence electrons. The summed E-state index contributed by atoms with van der Waals surface area (Å²) in [6.07, 6.45) is 1.61. The summed E-state index contributed by atoms with van der Waals surface area (Å²) in [5.74, 6) is -0.187. The standard InChI is InChI=1S/C25H24N2O3/c1-17-11-13-21(14-12-17)26-25(29)22(16-19-8-4-5-10-23(19)30-3)27-24(28)20-9-6-7-18(2)15-20/h4-16H,1-3H3,(H,26,29)(H,27,28). The van der Waals surface area contributed by atoms with E-state index in [2.05, 4.69) is 10.6 Å². The first kappa shape index (κ1) is 20.9. The molecule has 0 unspecified atom stereocenters. The Morgan fingerprint density at radius 3 is 2.30 bits per heavy atom. The van der Waals surface area contributed by atoms with Gasteiger partial charge in [-0.25, -0.2) is 0 Å². The lowest BCUT2D eigenvalue weighted by Gasteiger charge is -2.13. The van der Waals surface area contributed by atoms with Crippen LogP contribution >= 0.6 is 0 Å². The van der Waals surface area contributed by atoms with E-state index in [1.54, 1.807) is 37.5 Å². The number of nitrogens with one attached hydrogen (secondary N) is 2. The van der Waals surface area contributed by atoms with Gasteiger partial charge in [0.05, 0.1) is 7.11 Å². The Labute approximate surface area is 176 Å². The van der Waals surface area contributed by atoms with Crippen molar-refractivity contribution in [2.24, 2.45) is 0 Å². The molecule has 0 bridgehead atoms. The first-order valence-electron chi connectivity index (χ1n) is 9.57. The Balaban J connectivity index is 1.93. The third kappa shape index (κ3) is 5.35. The molecule has 0 spiro atoms. The zero-order valence-electron chi connectivity index (χ0n) is 17.2. The Kier molecular flexibility index (Phi) is 6.65. The number of para-hydroxylation sites is 1. The Bertz CT molecular complexity index is 1090. The van der Waals surface area contributed by atoms with E-state index in [-0.39, 0.29) is 11.6 Å². The third-order valence-corrected chi connectivity index (χ3v) is 4.52. The van der Waals surface area contributed by atoms with Crippen molar-refractivity contribution in [3.05, 3.63) is 101 Å². The van der Waals surface area contributed by atoms with Crippen LogP contribution in [0.3, 0.4) is 0 Å². The van der Waals surface area contributed by atoms with Crippen LogP contribution < -0.4 is 15.4 Å². The predicted octanol–water partition coefficient (Wildman–Crippen LogP) is 4.72. The number of aryl methyl sites for hydroxylation is 2. The van der Waals surface area contributed by atoms with Crippen LogP contribution in [0.2, 0.25) is 0 Å². The van der Waals surface area contributed by atoms with E-state index in [9.17, 15) is 9.59 Å². The lowest BCUT2D eigenvalue weighted by atomic mass is 10.1. The molecule has 0 saturated heterocycles. The SMILES string of the molecule is COc1ccccc1C=C(NC(=O)c1cccc(C)c1)C(=O)Nc1ccc(C)cc1. The number of amides is 2. The topological polar surface area (TPSA) is 67.4 Å². The van der Waals surface area contributed by atoms with Crippen LogP contribution in [0.25, 0.3) is 6.08 Å². The maximum Gasteiger partial charge on any atom is 0.272 e. The maximum atomic E-state index is 13.0. The number of ether oxygens (including phenoxy) is 1. The van der Waals surface area contributed by atoms with Gasteiger partial charge in [0.2, 0.25) is 0 Å². The molecule has 0 radical (unpaired) electrons. The molecule has 0 aromatic heterocycles. The normalized spacial score (nSPS) is 11.0. The first-order valence-corrected chi connectivity index (χ1v) is 9.57. The fourth-order valence-corrected chi connectivity index (χ4v) is 2.92. The second-order valence-electron chi connectivity index (χ2n) is 6.94. The van der Waals surface area contributed by atoms with Crippen LogP contribution in [0.5, 0.6) is 5.75 Å². The molecule has 0 saturated carbocycles.